The molecule has 2 fully saturated rings. The zero-order chi connectivity index (χ0) is 27.1. The van der Waals surface area contributed by atoms with Crippen molar-refractivity contribution in [2.45, 2.75) is 63.1 Å². The maximum absolute atomic E-state index is 12.9. The van der Waals surface area contributed by atoms with E-state index in [2.05, 4.69) is 20.4 Å². The van der Waals surface area contributed by atoms with Crippen LogP contribution in [0.1, 0.15) is 56.4 Å². The third-order valence-electron chi connectivity index (χ3n) is 7.96. The molecule has 3 aliphatic rings. The number of nitrogens with zero attached hydrogens (tertiary/aromatic N) is 2. The summed E-state index contributed by atoms with van der Waals surface area (Å²) in [7, 11) is 0. The van der Waals surface area contributed by atoms with E-state index in [9.17, 15) is 18.0 Å². The first-order valence-corrected chi connectivity index (χ1v) is 14.4. The van der Waals surface area contributed by atoms with Gasteiger partial charge in [-0.1, -0.05) is 47.8 Å². The number of nitrogens with one attached hydrogen (secondary N) is 2. The number of alkyl halides is 3. The van der Waals surface area contributed by atoms with Gasteiger partial charge in [0.05, 0.1) is 16.0 Å². The summed E-state index contributed by atoms with van der Waals surface area (Å²) in [5.74, 6) is -1.50. The summed E-state index contributed by atoms with van der Waals surface area (Å²) in [6, 6.07) is 5.80. The lowest BCUT2D eigenvalue weighted by molar-refractivity contribution is -0.160. The van der Waals surface area contributed by atoms with E-state index in [1.54, 1.807) is 6.07 Å². The van der Waals surface area contributed by atoms with E-state index in [1.807, 2.05) is 12.1 Å². The standard InChI is InChI=1S/C28H37Cl2F3N4O/c29-25-9-4-20(18-26(25)30)21(10-15-36-16-11-24(12-17-36)37-13-2-1-3-14-37)19-34-27(38)35-23-7-5-22(6-8-23)28(31,32)33/h4-5,7-9,18,21-22,24H,1-3,6,10-17,19H2,(H2,34,35,38). The van der Waals surface area contributed by atoms with Crippen molar-refractivity contribution in [1.29, 1.82) is 0 Å². The first kappa shape index (κ1) is 29.2. The SMILES string of the molecule is O=C(NCC(CCN1CCC(N2CCCCC2)CC1)c1ccc(Cl)c(Cl)c1)NC1=CCC(C(F)(F)F)C=C1. The number of allylic oxidation sites excluding steroid dienone is 3. The Balaban J connectivity index is 1.29. The molecule has 0 bridgehead atoms. The zero-order valence-corrected chi connectivity index (χ0v) is 23.1. The minimum Gasteiger partial charge on any atom is -0.337 e. The molecule has 5 nitrogen and oxygen atoms in total. The molecule has 2 heterocycles. The maximum Gasteiger partial charge on any atom is 0.395 e. The Labute approximate surface area is 233 Å². The lowest BCUT2D eigenvalue weighted by Crippen LogP contribution is -2.47. The van der Waals surface area contributed by atoms with Crippen molar-refractivity contribution in [1.82, 2.24) is 20.4 Å². The van der Waals surface area contributed by atoms with Crippen molar-refractivity contribution < 1.29 is 18.0 Å². The van der Waals surface area contributed by atoms with Crippen molar-refractivity contribution in [2.75, 3.05) is 39.3 Å². The molecule has 1 aliphatic carbocycles. The number of amides is 2. The smallest absolute Gasteiger partial charge is 0.337 e. The van der Waals surface area contributed by atoms with Gasteiger partial charge >= 0.3 is 12.2 Å². The number of benzene rings is 1. The van der Waals surface area contributed by atoms with Gasteiger partial charge in [-0.05, 0) is 95.0 Å². The Kier molecular flexibility index (Phi) is 10.4. The minimum atomic E-state index is -4.28. The van der Waals surface area contributed by atoms with Crippen LogP contribution in [0.4, 0.5) is 18.0 Å². The molecule has 10 heteroatoms. The summed E-state index contributed by atoms with van der Waals surface area (Å²) in [6.07, 6.45) is 6.53. The second-order valence-electron chi connectivity index (χ2n) is 10.6. The predicted molar refractivity (Wildman–Crippen MR) is 147 cm³/mol. The highest BCUT2D eigenvalue weighted by molar-refractivity contribution is 6.42. The number of halogens is 5. The monoisotopic (exact) mass is 572 g/mol. The van der Waals surface area contributed by atoms with Crippen molar-refractivity contribution in [3.8, 4) is 0 Å². The fourth-order valence-electron chi connectivity index (χ4n) is 5.63. The van der Waals surface area contributed by atoms with Crippen LogP contribution in [0.5, 0.6) is 0 Å². The molecule has 2 unspecified atom stereocenters. The second-order valence-corrected chi connectivity index (χ2v) is 11.4. The highest BCUT2D eigenvalue weighted by atomic mass is 35.5. The Morgan fingerprint density at radius 3 is 2.42 bits per heavy atom. The summed E-state index contributed by atoms with van der Waals surface area (Å²) >= 11 is 12.4. The van der Waals surface area contributed by atoms with Crippen LogP contribution >= 0.6 is 23.2 Å². The molecule has 0 spiro atoms. The third kappa shape index (κ3) is 8.38. The van der Waals surface area contributed by atoms with Gasteiger partial charge in [-0.25, -0.2) is 4.79 Å². The molecule has 2 aliphatic heterocycles. The van der Waals surface area contributed by atoms with E-state index in [0.717, 1.165) is 37.7 Å². The molecule has 0 aromatic heterocycles. The molecule has 0 radical (unpaired) electrons. The first-order valence-electron chi connectivity index (χ1n) is 13.6. The number of hydrogen-bond donors (Lipinski definition) is 2. The summed E-state index contributed by atoms with van der Waals surface area (Å²) in [5.41, 5.74) is 1.36. The third-order valence-corrected chi connectivity index (χ3v) is 8.70. The summed E-state index contributed by atoms with van der Waals surface area (Å²) in [5, 5.41) is 6.50. The number of rotatable bonds is 8. The van der Waals surface area contributed by atoms with Crippen LogP contribution in [0.3, 0.4) is 0 Å². The Bertz CT molecular complexity index is 1000. The highest BCUT2D eigenvalue weighted by Crippen LogP contribution is 2.33. The molecule has 2 amide bonds. The average molecular weight is 574 g/mol. The molecule has 210 valence electrons. The van der Waals surface area contributed by atoms with Crippen LogP contribution in [0.25, 0.3) is 0 Å². The molecule has 2 saturated heterocycles. The van der Waals surface area contributed by atoms with Crippen molar-refractivity contribution in [2.24, 2.45) is 5.92 Å². The van der Waals surface area contributed by atoms with E-state index < -0.39 is 18.1 Å². The van der Waals surface area contributed by atoms with Crippen LogP contribution < -0.4 is 10.6 Å². The van der Waals surface area contributed by atoms with Gasteiger partial charge in [0.2, 0.25) is 0 Å². The van der Waals surface area contributed by atoms with Crippen molar-refractivity contribution >= 4 is 29.2 Å². The van der Waals surface area contributed by atoms with Crippen molar-refractivity contribution in [3.05, 3.63) is 57.7 Å². The lowest BCUT2D eigenvalue weighted by atomic mass is 9.94. The molecule has 0 saturated carbocycles. The van der Waals surface area contributed by atoms with E-state index in [0.29, 0.717) is 28.3 Å². The predicted octanol–water partition coefficient (Wildman–Crippen LogP) is 6.74. The van der Waals surface area contributed by atoms with Gasteiger partial charge in [-0.15, -0.1) is 0 Å². The first-order chi connectivity index (χ1) is 18.2. The summed E-state index contributed by atoms with van der Waals surface area (Å²) in [6.45, 7) is 5.88. The van der Waals surface area contributed by atoms with Crippen LogP contribution in [0.2, 0.25) is 10.0 Å². The number of urea groups is 1. The molecular formula is C28H37Cl2F3N4O. The number of hydrogen-bond acceptors (Lipinski definition) is 3. The molecule has 38 heavy (non-hydrogen) atoms. The summed E-state index contributed by atoms with van der Waals surface area (Å²) < 4.78 is 38.6. The van der Waals surface area contributed by atoms with Crippen LogP contribution in [-0.2, 0) is 0 Å². The van der Waals surface area contributed by atoms with E-state index in [-0.39, 0.29) is 12.3 Å². The molecule has 2 N–H and O–H groups in total. The fraction of sp³-hybridized carbons (Fsp3) is 0.607. The second kappa shape index (κ2) is 13.6. The van der Waals surface area contributed by atoms with Gasteiger partial charge in [-0.2, -0.15) is 13.2 Å². The highest BCUT2D eigenvalue weighted by Gasteiger charge is 2.37. The van der Waals surface area contributed by atoms with Gasteiger partial charge < -0.3 is 20.4 Å². The lowest BCUT2D eigenvalue weighted by Gasteiger charge is -2.40. The number of carbonyl (C=O) groups is 1. The fourth-order valence-corrected chi connectivity index (χ4v) is 5.94. The Morgan fingerprint density at radius 2 is 1.79 bits per heavy atom. The van der Waals surface area contributed by atoms with Gasteiger partial charge in [-0.3, -0.25) is 0 Å². The number of piperidine rings is 2. The molecule has 4 rings (SSSR count). The quantitative estimate of drug-likeness (QED) is 0.362. The molecule has 1 aromatic rings. The number of likely N-dealkylation sites (tertiary alicyclic amines) is 2. The number of carbonyl (C=O) groups excluding carboxylic acids is 1. The zero-order valence-electron chi connectivity index (χ0n) is 21.6. The van der Waals surface area contributed by atoms with Gasteiger partial charge in [0.1, 0.15) is 0 Å². The van der Waals surface area contributed by atoms with Crippen molar-refractivity contribution in [3.63, 3.8) is 0 Å². The van der Waals surface area contributed by atoms with E-state index >= 15 is 0 Å². The minimum absolute atomic E-state index is 0.0146. The summed E-state index contributed by atoms with van der Waals surface area (Å²) in [4.78, 5) is 17.7. The van der Waals surface area contributed by atoms with Gasteiger partial charge in [0, 0.05) is 24.2 Å². The Hall–Kier alpha value is -1.74. The Morgan fingerprint density at radius 1 is 1.05 bits per heavy atom. The largest absolute Gasteiger partial charge is 0.395 e. The average Bonchev–Trinajstić information content (AvgIpc) is 2.91. The molecular weight excluding hydrogens is 536 g/mol. The van der Waals surface area contributed by atoms with Crippen LogP contribution in [-0.4, -0.2) is 67.3 Å². The van der Waals surface area contributed by atoms with Crippen LogP contribution in [0, 0.1) is 5.92 Å². The molecule has 1 aromatic carbocycles. The molecule has 2 atom stereocenters. The normalized spacial score (nSPS) is 22.7. The van der Waals surface area contributed by atoms with Gasteiger partial charge in [0.15, 0.2) is 0 Å². The van der Waals surface area contributed by atoms with E-state index in [4.69, 9.17) is 23.2 Å². The van der Waals surface area contributed by atoms with E-state index in [1.165, 1.54) is 57.3 Å². The maximum atomic E-state index is 12.9. The van der Waals surface area contributed by atoms with Crippen LogP contribution in [0.15, 0.2) is 42.1 Å². The van der Waals surface area contributed by atoms with Gasteiger partial charge in [0.25, 0.3) is 0 Å². The topological polar surface area (TPSA) is 47.6 Å².